The fraction of sp³-hybridized carbons (Fsp3) is 0.667. The topological polar surface area (TPSA) is 59.5 Å². The van der Waals surface area contributed by atoms with Gasteiger partial charge >= 0.3 is 15.6 Å². The van der Waals surface area contributed by atoms with Gasteiger partial charge in [0, 0.05) is 30.6 Å². The second kappa shape index (κ2) is 6.18. The molecule has 0 fully saturated rings. The van der Waals surface area contributed by atoms with Crippen molar-refractivity contribution in [3.8, 4) is 5.88 Å². The third-order valence-corrected chi connectivity index (χ3v) is 4.96. The van der Waals surface area contributed by atoms with Crippen LogP contribution in [-0.2, 0) is 29.5 Å². The van der Waals surface area contributed by atoms with E-state index in [1.807, 2.05) is 0 Å². The quantitative estimate of drug-likeness (QED) is 0.608. The molecule has 24 heavy (non-hydrogen) atoms. The molecule has 136 valence electrons. The van der Waals surface area contributed by atoms with Gasteiger partial charge in [-0.15, -0.1) is 0 Å². The van der Waals surface area contributed by atoms with Crippen LogP contribution in [-0.4, -0.2) is 35.9 Å². The highest BCUT2D eigenvalue weighted by atomic mass is 32.2. The number of pyridine rings is 1. The number of fused-ring (bicyclic) bond motifs is 1. The monoisotopic (exact) mass is 366 g/mol. The van der Waals surface area contributed by atoms with Gasteiger partial charge in [0.05, 0.1) is 5.69 Å². The highest BCUT2D eigenvalue weighted by Gasteiger charge is 2.49. The molecule has 0 radical (unpaired) electrons. The van der Waals surface area contributed by atoms with E-state index in [4.69, 9.17) is 0 Å². The lowest BCUT2D eigenvalue weighted by atomic mass is 9.97. The van der Waals surface area contributed by atoms with Crippen molar-refractivity contribution in [2.24, 2.45) is 0 Å². The van der Waals surface area contributed by atoms with Crippen LogP contribution in [0.2, 0.25) is 0 Å². The Kier molecular flexibility index (Phi) is 4.89. The summed E-state index contributed by atoms with van der Waals surface area (Å²) >= 11 is 0. The van der Waals surface area contributed by atoms with Crippen molar-refractivity contribution in [3.05, 3.63) is 22.9 Å². The van der Waals surface area contributed by atoms with Gasteiger partial charge in [-0.3, -0.25) is 4.90 Å². The fourth-order valence-electron chi connectivity index (χ4n) is 2.55. The SMILES string of the molecule is CCc1cc2c(nc1OS(=O)(=O)C(F)(F)F)CCN(C(C)(C)C)C2. The lowest BCUT2D eigenvalue weighted by molar-refractivity contribution is -0.0501. The number of hydrogen-bond donors (Lipinski definition) is 0. The number of rotatable bonds is 3. The summed E-state index contributed by atoms with van der Waals surface area (Å²) in [6.07, 6.45) is 0.845. The van der Waals surface area contributed by atoms with Gasteiger partial charge in [0.1, 0.15) is 0 Å². The largest absolute Gasteiger partial charge is 0.534 e. The molecule has 1 aliphatic heterocycles. The summed E-state index contributed by atoms with van der Waals surface area (Å²) in [7, 11) is -5.72. The van der Waals surface area contributed by atoms with E-state index in [2.05, 4.69) is 34.8 Å². The summed E-state index contributed by atoms with van der Waals surface area (Å²) in [4.78, 5) is 6.31. The predicted molar refractivity (Wildman–Crippen MR) is 83.1 cm³/mol. The van der Waals surface area contributed by atoms with Gasteiger partial charge < -0.3 is 4.18 Å². The summed E-state index contributed by atoms with van der Waals surface area (Å²) in [5.41, 5.74) is -3.69. The molecular weight excluding hydrogens is 345 g/mol. The van der Waals surface area contributed by atoms with Crippen molar-refractivity contribution in [3.63, 3.8) is 0 Å². The molecule has 1 aromatic heterocycles. The summed E-state index contributed by atoms with van der Waals surface area (Å²) in [6.45, 7) is 9.27. The summed E-state index contributed by atoms with van der Waals surface area (Å²) in [6, 6.07) is 1.70. The highest BCUT2D eigenvalue weighted by molar-refractivity contribution is 7.87. The Morgan fingerprint density at radius 2 is 1.92 bits per heavy atom. The number of alkyl halides is 3. The van der Waals surface area contributed by atoms with Crippen molar-refractivity contribution < 1.29 is 25.8 Å². The van der Waals surface area contributed by atoms with Crippen LogP contribution >= 0.6 is 0 Å². The minimum Gasteiger partial charge on any atom is -0.355 e. The Balaban J connectivity index is 2.38. The molecular formula is C15H21F3N2O3S. The smallest absolute Gasteiger partial charge is 0.355 e. The molecule has 5 nitrogen and oxygen atoms in total. The molecule has 2 heterocycles. The van der Waals surface area contributed by atoms with E-state index < -0.39 is 21.5 Å². The average molecular weight is 366 g/mol. The van der Waals surface area contributed by atoms with E-state index in [0.29, 0.717) is 37.2 Å². The molecule has 0 aromatic carbocycles. The maximum absolute atomic E-state index is 12.5. The second-order valence-corrected chi connectivity index (χ2v) is 8.28. The van der Waals surface area contributed by atoms with Crippen LogP contribution in [0.25, 0.3) is 0 Å². The van der Waals surface area contributed by atoms with Gasteiger partial charge in [-0.25, -0.2) is 4.98 Å². The predicted octanol–water partition coefficient (Wildman–Crippen LogP) is 3.03. The third-order valence-electron chi connectivity index (χ3n) is 4.01. The zero-order chi connectivity index (χ0) is 18.3. The van der Waals surface area contributed by atoms with Gasteiger partial charge in [-0.2, -0.15) is 21.6 Å². The normalized spacial score (nSPS) is 16.8. The van der Waals surface area contributed by atoms with Gasteiger partial charge in [0.2, 0.25) is 5.88 Å². The fourth-order valence-corrected chi connectivity index (χ4v) is 3.00. The van der Waals surface area contributed by atoms with Crippen molar-refractivity contribution in [2.45, 2.75) is 58.1 Å². The standard InChI is InChI=1S/C15H21F3N2O3S/c1-5-10-8-11-9-20(14(2,3)4)7-6-12(11)19-13(10)23-24(21,22)15(16,17)18/h8H,5-7,9H2,1-4H3. The molecule has 0 atom stereocenters. The molecule has 0 unspecified atom stereocenters. The van der Waals surface area contributed by atoms with Crippen molar-refractivity contribution in [1.82, 2.24) is 9.88 Å². The van der Waals surface area contributed by atoms with Crippen LogP contribution in [0.5, 0.6) is 5.88 Å². The minimum atomic E-state index is -5.72. The number of halogens is 3. The van der Waals surface area contributed by atoms with E-state index in [1.54, 1.807) is 13.0 Å². The number of nitrogens with zero attached hydrogens (tertiary/aromatic N) is 2. The maximum Gasteiger partial charge on any atom is 0.534 e. The zero-order valence-corrected chi connectivity index (χ0v) is 14.9. The Morgan fingerprint density at radius 1 is 1.29 bits per heavy atom. The molecule has 0 spiro atoms. The molecule has 9 heteroatoms. The first kappa shape index (κ1) is 19.0. The Bertz CT molecular complexity index is 725. The van der Waals surface area contributed by atoms with Gasteiger partial charge in [-0.05, 0) is 38.8 Å². The maximum atomic E-state index is 12.5. The average Bonchev–Trinajstić information content (AvgIpc) is 2.43. The first-order valence-electron chi connectivity index (χ1n) is 7.62. The van der Waals surface area contributed by atoms with Gasteiger partial charge in [-0.1, -0.05) is 6.92 Å². The molecule has 0 amide bonds. The lowest BCUT2D eigenvalue weighted by Crippen LogP contribution is -2.44. The van der Waals surface area contributed by atoms with Crippen molar-refractivity contribution in [2.75, 3.05) is 6.54 Å². The van der Waals surface area contributed by atoms with Gasteiger partial charge in [0.15, 0.2) is 0 Å². The summed E-state index contributed by atoms with van der Waals surface area (Å²) in [5, 5.41) is 0. The number of hydrogen-bond acceptors (Lipinski definition) is 5. The minimum absolute atomic E-state index is 0.0428. The van der Waals surface area contributed by atoms with Crippen LogP contribution in [0.3, 0.4) is 0 Å². The van der Waals surface area contributed by atoms with Crippen molar-refractivity contribution in [1.29, 1.82) is 0 Å². The Morgan fingerprint density at radius 3 is 2.42 bits per heavy atom. The summed E-state index contributed by atoms with van der Waals surface area (Å²) in [5.74, 6) is -0.474. The first-order valence-corrected chi connectivity index (χ1v) is 9.03. The number of aryl methyl sites for hydroxylation is 1. The van der Waals surface area contributed by atoms with Crippen LogP contribution in [0.15, 0.2) is 6.07 Å². The molecule has 0 saturated carbocycles. The second-order valence-electron chi connectivity index (χ2n) is 6.74. The molecule has 1 aromatic rings. The highest BCUT2D eigenvalue weighted by Crippen LogP contribution is 2.31. The van der Waals surface area contributed by atoms with Crippen LogP contribution in [0.4, 0.5) is 13.2 Å². The summed E-state index contributed by atoms with van der Waals surface area (Å²) < 4.78 is 64.3. The van der Waals surface area contributed by atoms with Crippen LogP contribution in [0, 0.1) is 0 Å². The van der Waals surface area contributed by atoms with E-state index >= 15 is 0 Å². The molecule has 2 rings (SSSR count). The molecule has 0 bridgehead atoms. The van der Waals surface area contributed by atoms with E-state index in [-0.39, 0.29) is 5.54 Å². The van der Waals surface area contributed by atoms with E-state index in [0.717, 1.165) is 5.56 Å². The van der Waals surface area contributed by atoms with E-state index in [9.17, 15) is 21.6 Å². The van der Waals surface area contributed by atoms with Crippen molar-refractivity contribution >= 4 is 10.1 Å². The van der Waals surface area contributed by atoms with E-state index in [1.165, 1.54) is 0 Å². The lowest BCUT2D eigenvalue weighted by Gasteiger charge is -2.39. The Hall–Kier alpha value is -1.35. The van der Waals surface area contributed by atoms with Crippen LogP contribution in [0.1, 0.15) is 44.5 Å². The zero-order valence-electron chi connectivity index (χ0n) is 14.1. The first-order chi connectivity index (χ1) is 10.8. The molecule has 0 N–H and O–H groups in total. The van der Waals surface area contributed by atoms with Crippen LogP contribution < -0.4 is 4.18 Å². The van der Waals surface area contributed by atoms with Gasteiger partial charge in [0.25, 0.3) is 0 Å². The Labute approximate surface area is 139 Å². The number of aromatic nitrogens is 1. The molecule has 0 saturated heterocycles. The molecule has 1 aliphatic rings. The third kappa shape index (κ3) is 3.83. The molecule has 0 aliphatic carbocycles.